The van der Waals surface area contributed by atoms with Crippen molar-refractivity contribution in [2.75, 3.05) is 5.32 Å². The average molecular weight is 310 g/mol. The van der Waals surface area contributed by atoms with Crippen molar-refractivity contribution < 1.29 is 9.90 Å². The highest BCUT2D eigenvalue weighted by Crippen LogP contribution is 2.46. The predicted octanol–water partition coefficient (Wildman–Crippen LogP) is 5.06. The molecular formula is C17H24ClNO2. The number of carbonyl (C=O) groups is 1. The highest BCUT2D eigenvalue weighted by molar-refractivity contribution is 6.33. The van der Waals surface area contributed by atoms with Crippen LogP contribution in [0.2, 0.25) is 5.02 Å². The minimum atomic E-state index is -0.955. The van der Waals surface area contributed by atoms with Gasteiger partial charge in [-0.25, -0.2) is 4.79 Å². The maximum Gasteiger partial charge on any atom is 0.335 e. The van der Waals surface area contributed by atoms with E-state index in [0.29, 0.717) is 21.9 Å². The zero-order valence-electron chi connectivity index (χ0n) is 13.2. The summed E-state index contributed by atoms with van der Waals surface area (Å²) in [5.74, 6) is -0.955. The predicted molar refractivity (Wildman–Crippen MR) is 87.2 cm³/mol. The molecule has 0 atom stereocenters. The summed E-state index contributed by atoms with van der Waals surface area (Å²) in [5, 5.41) is 12.9. The van der Waals surface area contributed by atoms with Crippen molar-refractivity contribution in [3.63, 3.8) is 0 Å². The van der Waals surface area contributed by atoms with E-state index in [-0.39, 0.29) is 5.56 Å². The Morgan fingerprint density at radius 1 is 1.24 bits per heavy atom. The van der Waals surface area contributed by atoms with Gasteiger partial charge in [-0.3, -0.25) is 0 Å². The lowest BCUT2D eigenvalue weighted by molar-refractivity contribution is 0.0697. The number of benzene rings is 1. The Kier molecular flexibility index (Phi) is 4.25. The van der Waals surface area contributed by atoms with E-state index < -0.39 is 5.97 Å². The van der Waals surface area contributed by atoms with Gasteiger partial charge in [0.15, 0.2) is 0 Å². The molecule has 0 bridgehead atoms. The Balaban J connectivity index is 2.16. The number of carboxylic acid groups (broad SMARTS) is 1. The minimum absolute atomic E-state index is 0.217. The lowest BCUT2D eigenvalue weighted by Crippen LogP contribution is -2.40. The number of hydrogen-bond acceptors (Lipinski definition) is 2. The zero-order chi connectivity index (χ0) is 15.8. The minimum Gasteiger partial charge on any atom is -0.478 e. The van der Waals surface area contributed by atoms with E-state index in [9.17, 15) is 4.79 Å². The van der Waals surface area contributed by atoms with Crippen LogP contribution in [-0.2, 0) is 0 Å². The van der Waals surface area contributed by atoms with Gasteiger partial charge in [0.2, 0.25) is 0 Å². The first kappa shape index (κ1) is 16.2. The second-order valence-corrected chi connectivity index (χ2v) is 8.16. The van der Waals surface area contributed by atoms with Crippen LogP contribution in [0.1, 0.15) is 57.3 Å². The topological polar surface area (TPSA) is 49.3 Å². The first-order valence-corrected chi connectivity index (χ1v) is 7.75. The largest absolute Gasteiger partial charge is 0.478 e. The van der Waals surface area contributed by atoms with Crippen molar-refractivity contribution >= 4 is 23.3 Å². The van der Waals surface area contributed by atoms with Crippen LogP contribution in [0, 0.1) is 10.8 Å². The van der Waals surface area contributed by atoms with Crippen molar-refractivity contribution in [1.82, 2.24) is 0 Å². The molecule has 116 valence electrons. The second kappa shape index (κ2) is 5.53. The maximum absolute atomic E-state index is 10.9. The van der Waals surface area contributed by atoms with Crippen molar-refractivity contribution in [3.8, 4) is 0 Å². The Hall–Kier alpha value is -1.22. The molecule has 21 heavy (non-hydrogen) atoms. The molecule has 2 rings (SSSR count). The molecule has 1 aliphatic rings. The number of aromatic carboxylic acids is 1. The second-order valence-electron chi connectivity index (χ2n) is 7.75. The third-order valence-corrected chi connectivity index (χ3v) is 4.44. The maximum atomic E-state index is 10.9. The summed E-state index contributed by atoms with van der Waals surface area (Å²) in [5.41, 5.74) is 1.63. The van der Waals surface area contributed by atoms with Crippen molar-refractivity contribution in [2.45, 2.75) is 53.0 Å². The molecule has 3 nitrogen and oxygen atoms in total. The lowest BCUT2D eigenvalue weighted by atomic mass is 9.63. The van der Waals surface area contributed by atoms with Crippen molar-refractivity contribution in [3.05, 3.63) is 28.8 Å². The SMILES string of the molecule is CC1(C)CC(Nc2ccc(C(=O)O)cc2Cl)CC(C)(C)C1. The van der Waals surface area contributed by atoms with Crippen LogP contribution in [0.5, 0.6) is 0 Å². The summed E-state index contributed by atoms with van der Waals surface area (Å²) in [4.78, 5) is 10.9. The molecule has 1 aromatic carbocycles. The summed E-state index contributed by atoms with van der Waals surface area (Å²) in [6.07, 6.45) is 3.39. The number of halogens is 1. The standard InChI is InChI=1S/C17H24ClNO2/c1-16(2)8-12(9-17(3,4)10-16)19-14-6-5-11(15(20)21)7-13(14)18/h5-7,12,19H,8-10H2,1-4H3,(H,20,21). The highest BCUT2D eigenvalue weighted by Gasteiger charge is 2.38. The molecule has 0 spiro atoms. The molecule has 1 fully saturated rings. The van der Waals surface area contributed by atoms with E-state index >= 15 is 0 Å². The number of rotatable bonds is 3. The molecule has 1 saturated carbocycles. The van der Waals surface area contributed by atoms with Gasteiger partial charge >= 0.3 is 5.97 Å². The van der Waals surface area contributed by atoms with Crippen molar-refractivity contribution in [1.29, 1.82) is 0 Å². The molecule has 4 heteroatoms. The van der Waals surface area contributed by atoms with E-state index in [1.807, 2.05) is 0 Å². The number of anilines is 1. The van der Waals surface area contributed by atoms with Crippen LogP contribution in [0.4, 0.5) is 5.69 Å². The molecule has 1 aromatic rings. The van der Waals surface area contributed by atoms with Crippen LogP contribution in [0.3, 0.4) is 0 Å². The summed E-state index contributed by atoms with van der Waals surface area (Å²) in [7, 11) is 0. The first-order valence-electron chi connectivity index (χ1n) is 7.37. The van der Waals surface area contributed by atoms with E-state index in [4.69, 9.17) is 16.7 Å². The van der Waals surface area contributed by atoms with Crippen LogP contribution < -0.4 is 5.32 Å². The lowest BCUT2D eigenvalue weighted by Gasteiger charge is -2.45. The average Bonchev–Trinajstić information content (AvgIpc) is 2.27. The Morgan fingerprint density at radius 3 is 2.29 bits per heavy atom. The quantitative estimate of drug-likeness (QED) is 0.821. The summed E-state index contributed by atoms with van der Waals surface area (Å²) in [6, 6.07) is 5.22. The molecule has 0 amide bonds. The van der Waals surface area contributed by atoms with Gasteiger partial charge in [-0.1, -0.05) is 39.3 Å². The van der Waals surface area contributed by atoms with Gasteiger partial charge in [0.25, 0.3) is 0 Å². The van der Waals surface area contributed by atoms with Gasteiger partial charge in [0.1, 0.15) is 0 Å². The molecule has 0 saturated heterocycles. The fourth-order valence-electron chi connectivity index (χ4n) is 3.93. The Labute approximate surface area is 131 Å². The fraction of sp³-hybridized carbons (Fsp3) is 0.588. The fourth-order valence-corrected chi connectivity index (χ4v) is 4.17. The highest BCUT2D eigenvalue weighted by atomic mass is 35.5. The number of carboxylic acids is 1. The third-order valence-electron chi connectivity index (χ3n) is 4.13. The molecule has 1 aliphatic carbocycles. The molecule has 0 heterocycles. The van der Waals surface area contributed by atoms with Gasteiger partial charge < -0.3 is 10.4 Å². The van der Waals surface area contributed by atoms with Gasteiger partial charge in [-0.15, -0.1) is 0 Å². The summed E-state index contributed by atoms with van der Waals surface area (Å²) in [6.45, 7) is 9.21. The first-order chi connectivity index (χ1) is 9.58. The van der Waals surface area contributed by atoms with Gasteiger partial charge in [0, 0.05) is 6.04 Å². The molecule has 2 N–H and O–H groups in total. The van der Waals surface area contributed by atoms with Crippen molar-refractivity contribution in [2.24, 2.45) is 10.8 Å². The monoisotopic (exact) mass is 309 g/mol. The van der Waals surface area contributed by atoms with E-state index in [1.54, 1.807) is 12.1 Å². The molecule has 0 radical (unpaired) electrons. The summed E-state index contributed by atoms with van der Waals surface area (Å²) >= 11 is 6.21. The smallest absolute Gasteiger partial charge is 0.335 e. The normalized spacial score (nSPS) is 21.0. The van der Waals surface area contributed by atoms with E-state index in [1.165, 1.54) is 12.5 Å². The Morgan fingerprint density at radius 2 is 1.81 bits per heavy atom. The molecular weight excluding hydrogens is 286 g/mol. The van der Waals surface area contributed by atoms with Gasteiger partial charge in [-0.2, -0.15) is 0 Å². The van der Waals surface area contributed by atoms with Gasteiger partial charge in [-0.05, 0) is 48.3 Å². The zero-order valence-corrected chi connectivity index (χ0v) is 13.9. The van der Waals surface area contributed by atoms with Crippen LogP contribution in [0.15, 0.2) is 18.2 Å². The summed E-state index contributed by atoms with van der Waals surface area (Å²) < 4.78 is 0. The van der Waals surface area contributed by atoms with E-state index in [2.05, 4.69) is 33.0 Å². The van der Waals surface area contributed by atoms with Crippen LogP contribution >= 0.6 is 11.6 Å². The number of nitrogens with one attached hydrogen (secondary N) is 1. The Bertz CT molecular complexity index is 536. The van der Waals surface area contributed by atoms with E-state index in [0.717, 1.165) is 18.5 Å². The molecule has 0 aliphatic heterocycles. The molecule has 0 aromatic heterocycles. The third kappa shape index (κ3) is 4.13. The van der Waals surface area contributed by atoms with Crippen LogP contribution in [0.25, 0.3) is 0 Å². The number of hydrogen-bond donors (Lipinski definition) is 2. The van der Waals surface area contributed by atoms with Gasteiger partial charge in [0.05, 0.1) is 16.3 Å². The van der Waals surface area contributed by atoms with Crippen LogP contribution in [-0.4, -0.2) is 17.1 Å². The molecule has 0 unspecified atom stereocenters.